The van der Waals surface area contributed by atoms with Crippen LogP contribution in [-0.4, -0.2) is 0 Å². The van der Waals surface area contributed by atoms with Crippen LogP contribution in [0.15, 0.2) is 12.7 Å². The smallest absolute Gasteiger partial charge is 0.0143 e. The van der Waals surface area contributed by atoms with Gasteiger partial charge in [0.15, 0.2) is 0 Å². The van der Waals surface area contributed by atoms with Gasteiger partial charge in [-0.05, 0) is 5.41 Å². The molecule has 0 N–H and O–H groups in total. The van der Waals surface area contributed by atoms with Crippen LogP contribution in [0.5, 0.6) is 0 Å². The molecule has 0 aliphatic carbocycles. The highest BCUT2D eigenvalue weighted by atomic mass is 14.0. The van der Waals surface area contributed by atoms with E-state index >= 15 is 0 Å². The highest BCUT2D eigenvalue weighted by Gasteiger charge is 1.99. The second kappa shape index (κ2) is 6.04. The topological polar surface area (TPSA) is 0 Å². The zero-order chi connectivity index (χ0) is 9.49. The highest BCUT2D eigenvalue weighted by molar-refractivity contribution is 4.86. The molecule has 0 spiro atoms. The Bertz CT molecular complexity index is 127. The molecule has 0 atom stereocenters. The maximum Gasteiger partial charge on any atom is 0.0143 e. The van der Waals surface area contributed by atoms with Gasteiger partial charge in [-0.3, -0.25) is 0 Å². The van der Waals surface area contributed by atoms with Crippen molar-refractivity contribution < 1.29 is 0 Å². The molecule has 0 aromatic carbocycles. The summed E-state index contributed by atoms with van der Waals surface area (Å²) in [4.78, 5) is 0. The summed E-state index contributed by atoms with van der Waals surface area (Å²) in [6, 6.07) is 0. The summed E-state index contributed by atoms with van der Waals surface area (Å²) in [5, 5.41) is 0. The summed E-state index contributed by atoms with van der Waals surface area (Å²) in [5.41, 5.74) is 0.306. The summed E-state index contributed by atoms with van der Waals surface area (Å²) in [6.45, 7) is 14.0. The maximum absolute atomic E-state index is 4.92. The van der Waals surface area contributed by atoms with E-state index in [-0.39, 0.29) is 0 Å². The SMILES string of the molecule is C#CC(C)C.C=CC(C)(C)C. The molecule has 0 saturated heterocycles. The molecule has 0 radical (unpaired) electrons. The van der Waals surface area contributed by atoms with Gasteiger partial charge in [-0.15, -0.1) is 18.9 Å². The van der Waals surface area contributed by atoms with Gasteiger partial charge in [-0.2, -0.15) is 0 Å². The molecule has 0 amide bonds. The van der Waals surface area contributed by atoms with Crippen LogP contribution in [0.25, 0.3) is 0 Å². The predicted molar refractivity (Wildman–Crippen MR) is 53.3 cm³/mol. The Hall–Kier alpha value is -0.700. The minimum atomic E-state index is 0.306. The fraction of sp³-hybridized carbons (Fsp3) is 0.636. The number of allylic oxidation sites excluding steroid dienone is 1. The summed E-state index contributed by atoms with van der Waals surface area (Å²) in [5.74, 6) is 2.94. The molecule has 0 aliphatic rings. The van der Waals surface area contributed by atoms with E-state index in [1.807, 2.05) is 19.9 Å². The third-order valence-corrected chi connectivity index (χ3v) is 0.946. The zero-order valence-corrected chi connectivity index (χ0v) is 8.44. The first-order valence-corrected chi connectivity index (χ1v) is 3.93. The third-order valence-electron chi connectivity index (χ3n) is 0.946. The van der Waals surface area contributed by atoms with Gasteiger partial charge in [0.2, 0.25) is 0 Å². The molecule has 0 fully saturated rings. The number of rotatable bonds is 0. The maximum atomic E-state index is 4.92. The van der Waals surface area contributed by atoms with Crippen LogP contribution in [-0.2, 0) is 0 Å². The van der Waals surface area contributed by atoms with Gasteiger partial charge in [0.1, 0.15) is 0 Å². The minimum absolute atomic E-state index is 0.306. The molecule has 0 unspecified atom stereocenters. The summed E-state index contributed by atoms with van der Waals surface area (Å²) < 4.78 is 0. The third kappa shape index (κ3) is 26.8. The fourth-order valence-electron chi connectivity index (χ4n) is 0. The second-order valence-electron chi connectivity index (χ2n) is 3.89. The molecule has 0 bridgehead atoms. The van der Waals surface area contributed by atoms with Gasteiger partial charge < -0.3 is 0 Å². The Morgan fingerprint density at radius 2 is 1.55 bits per heavy atom. The van der Waals surface area contributed by atoms with E-state index in [2.05, 4.69) is 33.3 Å². The second-order valence-corrected chi connectivity index (χ2v) is 3.89. The van der Waals surface area contributed by atoms with Crippen LogP contribution >= 0.6 is 0 Å². The van der Waals surface area contributed by atoms with Crippen molar-refractivity contribution in [2.75, 3.05) is 0 Å². The van der Waals surface area contributed by atoms with Gasteiger partial charge in [0, 0.05) is 5.92 Å². The summed E-state index contributed by atoms with van der Waals surface area (Å²) in [6.07, 6.45) is 6.86. The van der Waals surface area contributed by atoms with Crippen molar-refractivity contribution in [3.63, 3.8) is 0 Å². The van der Waals surface area contributed by atoms with E-state index < -0.39 is 0 Å². The van der Waals surface area contributed by atoms with Gasteiger partial charge >= 0.3 is 0 Å². The Labute approximate surface area is 71.7 Å². The predicted octanol–water partition coefficient (Wildman–Crippen LogP) is 3.49. The van der Waals surface area contributed by atoms with Crippen molar-refractivity contribution in [1.82, 2.24) is 0 Å². The van der Waals surface area contributed by atoms with E-state index in [0.717, 1.165) is 0 Å². The largest absolute Gasteiger partial charge is 0.120 e. The average molecular weight is 152 g/mol. The molecule has 11 heavy (non-hydrogen) atoms. The average Bonchev–Trinajstić information content (AvgIpc) is 1.88. The van der Waals surface area contributed by atoms with Crippen molar-refractivity contribution >= 4 is 0 Å². The monoisotopic (exact) mass is 152 g/mol. The van der Waals surface area contributed by atoms with Gasteiger partial charge in [0.25, 0.3) is 0 Å². The van der Waals surface area contributed by atoms with E-state index in [4.69, 9.17) is 6.42 Å². The number of hydrogen-bond donors (Lipinski definition) is 0. The Morgan fingerprint density at radius 1 is 1.36 bits per heavy atom. The van der Waals surface area contributed by atoms with Crippen LogP contribution in [0.4, 0.5) is 0 Å². The van der Waals surface area contributed by atoms with Crippen LogP contribution in [0, 0.1) is 23.7 Å². The Balaban J connectivity index is 0. The molecule has 0 heteroatoms. The van der Waals surface area contributed by atoms with Crippen molar-refractivity contribution in [2.45, 2.75) is 34.6 Å². The van der Waals surface area contributed by atoms with Crippen LogP contribution in [0.1, 0.15) is 34.6 Å². The normalized spacial score (nSPS) is 9.55. The zero-order valence-electron chi connectivity index (χ0n) is 8.44. The highest BCUT2D eigenvalue weighted by Crippen LogP contribution is 2.11. The van der Waals surface area contributed by atoms with E-state index in [9.17, 15) is 0 Å². The lowest BCUT2D eigenvalue weighted by atomic mass is 9.98. The van der Waals surface area contributed by atoms with Crippen molar-refractivity contribution in [3.8, 4) is 12.3 Å². The molecule has 0 rings (SSSR count). The van der Waals surface area contributed by atoms with Crippen molar-refractivity contribution in [1.29, 1.82) is 0 Å². The van der Waals surface area contributed by atoms with Gasteiger partial charge in [0.05, 0.1) is 0 Å². The molecular weight excluding hydrogens is 132 g/mol. The van der Waals surface area contributed by atoms with E-state index in [0.29, 0.717) is 11.3 Å². The molecular formula is C11H20. The number of hydrogen-bond acceptors (Lipinski definition) is 0. The molecule has 0 aliphatic heterocycles. The van der Waals surface area contributed by atoms with E-state index in [1.165, 1.54) is 0 Å². The first kappa shape index (κ1) is 12.9. The standard InChI is InChI=1S/C6H12.C5H8/c1-5-6(2,3)4;1-4-5(2)3/h5H,1H2,2-4H3;1,5H,2-3H3. The lowest BCUT2D eigenvalue weighted by Crippen LogP contribution is -1.96. The van der Waals surface area contributed by atoms with E-state index in [1.54, 1.807) is 0 Å². The fourth-order valence-corrected chi connectivity index (χ4v) is 0. The van der Waals surface area contributed by atoms with Crippen LogP contribution < -0.4 is 0 Å². The minimum Gasteiger partial charge on any atom is -0.120 e. The lowest BCUT2D eigenvalue weighted by Gasteiger charge is -2.08. The van der Waals surface area contributed by atoms with Crippen LogP contribution in [0.3, 0.4) is 0 Å². The first-order chi connectivity index (χ1) is 4.83. The van der Waals surface area contributed by atoms with Crippen molar-refractivity contribution in [3.05, 3.63) is 12.7 Å². The lowest BCUT2D eigenvalue weighted by molar-refractivity contribution is 0.546. The first-order valence-electron chi connectivity index (χ1n) is 3.93. The van der Waals surface area contributed by atoms with Gasteiger partial charge in [-0.25, -0.2) is 0 Å². The van der Waals surface area contributed by atoms with Gasteiger partial charge in [-0.1, -0.05) is 40.7 Å². The quantitative estimate of drug-likeness (QED) is 0.368. The molecule has 0 nitrogen and oxygen atoms in total. The molecule has 0 aromatic rings. The molecule has 0 heterocycles. The summed E-state index contributed by atoms with van der Waals surface area (Å²) in [7, 11) is 0. The van der Waals surface area contributed by atoms with Crippen LogP contribution in [0.2, 0.25) is 0 Å². The Kier molecular flexibility index (Phi) is 7.10. The number of terminal acetylenes is 1. The Morgan fingerprint density at radius 3 is 1.55 bits per heavy atom. The molecule has 0 saturated carbocycles. The van der Waals surface area contributed by atoms with Crippen molar-refractivity contribution in [2.24, 2.45) is 11.3 Å². The molecule has 0 aromatic heterocycles. The summed E-state index contributed by atoms with van der Waals surface area (Å²) >= 11 is 0. The molecule has 64 valence electrons.